The first kappa shape index (κ1) is 24.2. The van der Waals surface area contributed by atoms with Crippen LogP contribution in [-0.4, -0.2) is 39.7 Å². The highest BCUT2D eigenvalue weighted by molar-refractivity contribution is 7.14. The van der Waals surface area contributed by atoms with Gasteiger partial charge in [0.05, 0.1) is 24.1 Å². The lowest BCUT2D eigenvalue weighted by Crippen LogP contribution is -2.39. The van der Waals surface area contributed by atoms with E-state index in [1.54, 1.807) is 34.8 Å². The summed E-state index contributed by atoms with van der Waals surface area (Å²) in [6, 6.07) is 9.58. The average molecular weight is 494 g/mol. The van der Waals surface area contributed by atoms with Gasteiger partial charge in [0.2, 0.25) is 0 Å². The number of aromatic nitrogens is 3. The molecule has 0 bridgehead atoms. The first-order valence-corrected chi connectivity index (χ1v) is 11.1. The van der Waals surface area contributed by atoms with Gasteiger partial charge in [-0.2, -0.15) is 0 Å². The molecule has 1 spiro atoms. The molecule has 2 fully saturated rings. The van der Waals surface area contributed by atoms with E-state index < -0.39 is 0 Å². The summed E-state index contributed by atoms with van der Waals surface area (Å²) in [5.41, 5.74) is 2.23. The first-order valence-electron chi connectivity index (χ1n) is 10.2. The summed E-state index contributed by atoms with van der Waals surface area (Å²) in [7, 11) is 0. The van der Waals surface area contributed by atoms with Gasteiger partial charge in [-0.1, -0.05) is 6.07 Å². The van der Waals surface area contributed by atoms with Crippen molar-refractivity contribution in [2.45, 2.75) is 31.3 Å². The SMILES string of the molecule is Cl.Cl.O=C1OC2(CCC(CNc3nc(-c4ccccn4)cs3)CC2)CN1c1cccnc1. The number of pyridine rings is 2. The summed E-state index contributed by atoms with van der Waals surface area (Å²) in [6.07, 6.45) is 8.77. The molecule has 1 aliphatic carbocycles. The van der Waals surface area contributed by atoms with Crippen LogP contribution in [0.25, 0.3) is 11.4 Å². The summed E-state index contributed by atoms with van der Waals surface area (Å²) >= 11 is 1.61. The molecule has 1 amide bonds. The van der Waals surface area contributed by atoms with E-state index in [0.717, 1.165) is 54.4 Å². The number of carbonyl (C=O) groups is 1. The molecular formula is C22H25Cl2N5O2S. The fourth-order valence-electron chi connectivity index (χ4n) is 4.22. The quantitative estimate of drug-likeness (QED) is 0.509. The van der Waals surface area contributed by atoms with E-state index in [-0.39, 0.29) is 36.5 Å². The van der Waals surface area contributed by atoms with E-state index in [9.17, 15) is 4.79 Å². The van der Waals surface area contributed by atoms with Crippen molar-refractivity contribution < 1.29 is 9.53 Å². The van der Waals surface area contributed by atoms with E-state index in [1.165, 1.54) is 0 Å². The highest BCUT2D eigenvalue weighted by atomic mass is 35.5. The van der Waals surface area contributed by atoms with Crippen molar-refractivity contribution in [1.82, 2.24) is 15.0 Å². The molecule has 10 heteroatoms. The Morgan fingerprint density at radius 2 is 1.97 bits per heavy atom. The Hall–Kier alpha value is -2.42. The molecule has 4 heterocycles. The van der Waals surface area contributed by atoms with Gasteiger partial charge in [-0.15, -0.1) is 36.2 Å². The molecule has 1 aliphatic heterocycles. The van der Waals surface area contributed by atoms with Crippen molar-refractivity contribution in [1.29, 1.82) is 0 Å². The van der Waals surface area contributed by atoms with Crippen molar-refractivity contribution in [3.63, 3.8) is 0 Å². The molecular weight excluding hydrogens is 469 g/mol. The minimum absolute atomic E-state index is 0. The van der Waals surface area contributed by atoms with Gasteiger partial charge in [0.25, 0.3) is 0 Å². The van der Waals surface area contributed by atoms with Crippen LogP contribution >= 0.6 is 36.2 Å². The molecule has 0 radical (unpaired) electrons. The fraction of sp³-hybridized carbons (Fsp3) is 0.364. The van der Waals surface area contributed by atoms with E-state index in [0.29, 0.717) is 12.5 Å². The van der Waals surface area contributed by atoms with Crippen molar-refractivity contribution in [3.8, 4) is 11.4 Å². The molecule has 0 atom stereocenters. The number of anilines is 2. The zero-order valence-electron chi connectivity index (χ0n) is 17.3. The Kier molecular flexibility index (Phi) is 7.92. The smallest absolute Gasteiger partial charge is 0.415 e. The number of carbonyl (C=O) groups excluding carboxylic acids is 1. The topological polar surface area (TPSA) is 80.2 Å². The molecule has 1 saturated heterocycles. The Balaban J connectivity index is 0.00000144. The van der Waals surface area contributed by atoms with Crippen molar-refractivity contribution in [2.24, 2.45) is 5.92 Å². The monoisotopic (exact) mass is 493 g/mol. The lowest BCUT2D eigenvalue weighted by molar-refractivity contribution is 0.0148. The van der Waals surface area contributed by atoms with Crippen LogP contribution in [0, 0.1) is 5.92 Å². The zero-order valence-corrected chi connectivity index (χ0v) is 19.8. The van der Waals surface area contributed by atoms with Gasteiger partial charge in [0, 0.05) is 24.3 Å². The molecule has 32 heavy (non-hydrogen) atoms. The minimum atomic E-state index is -0.364. The van der Waals surface area contributed by atoms with E-state index in [1.807, 2.05) is 35.7 Å². The normalized spacial score (nSPS) is 22.1. The number of thiazole rings is 1. The third-order valence-corrected chi connectivity index (χ3v) is 6.72. The van der Waals surface area contributed by atoms with Crippen LogP contribution < -0.4 is 10.2 Å². The van der Waals surface area contributed by atoms with Crippen LogP contribution in [0.2, 0.25) is 0 Å². The minimum Gasteiger partial charge on any atom is -0.441 e. The second-order valence-corrected chi connectivity index (χ2v) is 8.78. The molecule has 0 aromatic carbocycles. The molecule has 7 nitrogen and oxygen atoms in total. The molecule has 1 saturated carbocycles. The summed E-state index contributed by atoms with van der Waals surface area (Å²) < 4.78 is 5.84. The summed E-state index contributed by atoms with van der Waals surface area (Å²) in [4.78, 5) is 27.2. The van der Waals surface area contributed by atoms with E-state index >= 15 is 0 Å². The standard InChI is InChI=1S/C22H23N5O2S.2ClH/c28-21-27(17-4-3-10-23-13-17)15-22(29-21)8-6-16(7-9-22)12-25-20-26-19(14-30-20)18-5-1-2-11-24-18;;/h1-5,10-11,13-14,16H,6-9,12,15H2,(H,25,26);2*1H. The number of halogens is 2. The fourth-order valence-corrected chi connectivity index (χ4v) is 4.94. The molecule has 1 N–H and O–H groups in total. The van der Waals surface area contributed by atoms with Gasteiger partial charge >= 0.3 is 6.09 Å². The highest BCUT2D eigenvalue weighted by Gasteiger charge is 2.47. The average Bonchev–Trinajstić information content (AvgIpc) is 3.39. The van der Waals surface area contributed by atoms with Crippen LogP contribution in [0.3, 0.4) is 0 Å². The highest BCUT2D eigenvalue weighted by Crippen LogP contribution is 2.40. The molecule has 3 aromatic heterocycles. The van der Waals surface area contributed by atoms with E-state index in [4.69, 9.17) is 4.74 Å². The number of rotatable bonds is 5. The second-order valence-electron chi connectivity index (χ2n) is 7.93. The van der Waals surface area contributed by atoms with Gasteiger partial charge in [-0.05, 0) is 55.9 Å². The Morgan fingerprint density at radius 3 is 2.69 bits per heavy atom. The Morgan fingerprint density at radius 1 is 1.12 bits per heavy atom. The maximum Gasteiger partial charge on any atom is 0.415 e. The maximum absolute atomic E-state index is 12.4. The lowest BCUT2D eigenvalue weighted by atomic mass is 9.78. The summed E-state index contributed by atoms with van der Waals surface area (Å²) in [6.45, 7) is 1.49. The summed E-state index contributed by atoms with van der Waals surface area (Å²) in [5, 5.41) is 6.44. The van der Waals surface area contributed by atoms with Gasteiger partial charge < -0.3 is 10.1 Å². The third kappa shape index (κ3) is 5.14. The van der Waals surface area contributed by atoms with Crippen LogP contribution in [0.5, 0.6) is 0 Å². The number of amides is 1. The molecule has 2 aliphatic rings. The van der Waals surface area contributed by atoms with Crippen LogP contribution in [0.4, 0.5) is 15.6 Å². The molecule has 0 unspecified atom stereocenters. The van der Waals surface area contributed by atoms with Crippen molar-refractivity contribution >= 4 is 53.1 Å². The number of nitrogens with zero attached hydrogens (tertiary/aromatic N) is 4. The zero-order chi connectivity index (χ0) is 20.4. The molecule has 5 rings (SSSR count). The first-order chi connectivity index (χ1) is 14.7. The summed E-state index contributed by atoms with van der Waals surface area (Å²) in [5.74, 6) is 0.545. The molecule has 3 aromatic rings. The molecule has 170 valence electrons. The van der Waals surface area contributed by atoms with E-state index in [2.05, 4.69) is 20.3 Å². The number of nitrogens with one attached hydrogen (secondary N) is 1. The van der Waals surface area contributed by atoms with Gasteiger partial charge in [0.1, 0.15) is 11.3 Å². The van der Waals surface area contributed by atoms with Crippen molar-refractivity contribution in [2.75, 3.05) is 23.3 Å². The van der Waals surface area contributed by atoms with Crippen LogP contribution in [-0.2, 0) is 4.74 Å². The largest absolute Gasteiger partial charge is 0.441 e. The lowest BCUT2D eigenvalue weighted by Gasteiger charge is -2.35. The number of hydrogen-bond donors (Lipinski definition) is 1. The number of ether oxygens (including phenoxy) is 1. The van der Waals surface area contributed by atoms with Gasteiger partial charge in [0.15, 0.2) is 5.13 Å². The van der Waals surface area contributed by atoms with Gasteiger partial charge in [-0.3, -0.25) is 14.9 Å². The number of hydrogen-bond acceptors (Lipinski definition) is 7. The maximum atomic E-state index is 12.4. The van der Waals surface area contributed by atoms with Crippen LogP contribution in [0.15, 0.2) is 54.3 Å². The van der Waals surface area contributed by atoms with Crippen molar-refractivity contribution in [3.05, 3.63) is 54.3 Å². The Labute approximate surface area is 203 Å². The van der Waals surface area contributed by atoms with Crippen LogP contribution in [0.1, 0.15) is 25.7 Å². The Bertz CT molecular complexity index is 1010. The predicted molar refractivity (Wildman–Crippen MR) is 131 cm³/mol. The second kappa shape index (κ2) is 10.5. The predicted octanol–water partition coefficient (Wildman–Crippen LogP) is 5.44. The van der Waals surface area contributed by atoms with Gasteiger partial charge in [-0.25, -0.2) is 9.78 Å². The third-order valence-electron chi connectivity index (χ3n) is 5.92.